The molecule has 1 aromatic carbocycles. The van der Waals surface area contributed by atoms with Crippen LogP contribution >= 0.6 is 11.8 Å². The molecule has 28 heavy (non-hydrogen) atoms. The van der Waals surface area contributed by atoms with E-state index in [-0.39, 0.29) is 5.75 Å². The van der Waals surface area contributed by atoms with E-state index in [2.05, 4.69) is 23.7 Å². The maximum atomic E-state index is 11.2. The molecule has 0 spiro atoms. The molecular weight excluding hydrogens is 380 g/mol. The van der Waals surface area contributed by atoms with Gasteiger partial charge in [0.25, 0.3) is 5.22 Å². The van der Waals surface area contributed by atoms with Gasteiger partial charge < -0.3 is 19.5 Å². The molecule has 0 aliphatic heterocycles. The normalized spacial score (nSPS) is 12.2. The van der Waals surface area contributed by atoms with Gasteiger partial charge in [0.1, 0.15) is 5.52 Å². The lowest BCUT2D eigenvalue weighted by atomic mass is 10.1. The second kappa shape index (κ2) is 10.9. The van der Waals surface area contributed by atoms with Crippen LogP contribution in [0.1, 0.15) is 46.0 Å². The van der Waals surface area contributed by atoms with Crippen molar-refractivity contribution in [3.8, 4) is 0 Å². The first-order valence-electron chi connectivity index (χ1n) is 9.68. The zero-order valence-electron chi connectivity index (χ0n) is 16.4. The number of carboxylic acid groups (broad SMARTS) is 2. The van der Waals surface area contributed by atoms with Crippen molar-refractivity contribution < 1.29 is 24.2 Å². The topological polar surface area (TPSA) is 104 Å². The first-order valence-corrected chi connectivity index (χ1v) is 10.7. The molecule has 0 bridgehead atoms. The van der Waals surface area contributed by atoms with Crippen molar-refractivity contribution in [1.82, 2.24) is 4.98 Å². The van der Waals surface area contributed by atoms with Crippen molar-refractivity contribution in [2.75, 3.05) is 23.7 Å². The molecule has 0 fully saturated rings. The number of benzene rings is 1. The summed E-state index contributed by atoms with van der Waals surface area (Å²) in [7, 11) is 0. The molecule has 0 aliphatic carbocycles. The summed E-state index contributed by atoms with van der Waals surface area (Å²) in [5, 5.41) is 18.4. The standard InChI is InChI=1S/C20H28N2O5S/c1-3-5-10-22(11-6-4-2)15-8-7-9-16-18(15)21-20(27-16)28-13-14(19(25)26)12-17(23)24/h7-9,14H,3-6,10-13H2,1-2H3,(H,23,24)(H,25,26). The Labute approximate surface area is 169 Å². The van der Waals surface area contributed by atoms with Crippen LogP contribution in [0.25, 0.3) is 11.1 Å². The van der Waals surface area contributed by atoms with Gasteiger partial charge >= 0.3 is 11.9 Å². The lowest BCUT2D eigenvalue weighted by molar-refractivity contribution is -0.147. The predicted octanol–water partition coefficient (Wildman–Crippen LogP) is 4.50. The first kappa shape index (κ1) is 22.1. The number of oxazole rings is 1. The molecule has 2 aromatic rings. The van der Waals surface area contributed by atoms with Crippen LogP contribution in [0.15, 0.2) is 27.8 Å². The van der Waals surface area contributed by atoms with E-state index in [4.69, 9.17) is 9.52 Å². The highest BCUT2D eigenvalue weighted by atomic mass is 32.2. The summed E-state index contributed by atoms with van der Waals surface area (Å²) < 4.78 is 5.79. The summed E-state index contributed by atoms with van der Waals surface area (Å²) >= 11 is 1.14. The summed E-state index contributed by atoms with van der Waals surface area (Å²) in [6.45, 7) is 6.23. The van der Waals surface area contributed by atoms with E-state index >= 15 is 0 Å². The lowest BCUT2D eigenvalue weighted by Crippen LogP contribution is -2.25. The molecule has 7 nitrogen and oxygen atoms in total. The van der Waals surface area contributed by atoms with Gasteiger partial charge in [-0.3, -0.25) is 9.59 Å². The number of rotatable bonds is 13. The van der Waals surface area contributed by atoms with Gasteiger partial charge in [0.2, 0.25) is 0 Å². The Morgan fingerprint density at radius 1 is 1.18 bits per heavy atom. The fraction of sp³-hybridized carbons (Fsp3) is 0.550. The molecular formula is C20H28N2O5S. The van der Waals surface area contributed by atoms with Crippen LogP contribution in [0.3, 0.4) is 0 Å². The predicted molar refractivity (Wildman–Crippen MR) is 110 cm³/mol. The number of para-hydroxylation sites is 1. The summed E-state index contributed by atoms with van der Waals surface area (Å²) in [5.41, 5.74) is 2.45. The number of hydrogen-bond donors (Lipinski definition) is 2. The highest BCUT2D eigenvalue weighted by Crippen LogP contribution is 2.32. The number of carbonyl (C=O) groups is 2. The Kier molecular flexibility index (Phi) is 8.63. The number of hydrogen-bond acceptors (Lipinski definition) is 6. The number of nitrogens with zero attached hydrogens (tertiary/aromatic N) is 2. The minimum Gasteiger partial charge on any atom is -0.481 e. The summed E-state index contributed by atoms with van der Waals surface area (Å²) in [6, 6.07) is 5.82. The minimum absolute atomic E-state index is 0.0964. The van der Waals surface area contributed by atoms with Gasteiger partial charge in [-0.05, 0) is 25.0 Å². The zero-order valence-corrected chi connectivity index (χ0v) is 17.2. The molecule has 0 amide bonds. The van der Waals surface area contributed by atoms with Crippen LogP contribution in [0.4, 0.5) is 5.69 Å². The molecule has 1 heterocycles. The number of anilines is 1. The van der Waals surface area contributed by atoms with E-state index in [1.54, 1.807) is 0 Å². The van der Waals surface area contributed by atoms with Crippen molar-refractivity contribution in [3.05, 3.63) is 18.2 Å². The number of aliphatic carboxylic acids is 2. The van der Waals surface area contributed by atoms with E-state index in [1.165, 1.54) is 0 Å². The van der Waals surface area contributed by atoms with Crippen molar-refractivity contribution >= 4 is 40.5 Å². The highest BCUT2D eigenvalue weighted by Gasteiger charge is 2.23. The number of thioether (sulfide) groups is 1. The summed E-state index contributed by atoms with van der Waals surface area (Å²) in [6.07, 6.45) is 3.98. The Balaban J connectivity index is 2.20. The first-order chi connectivity index (χ1) is 13.5. The van der Waals surface area contributed by atoms with Gasteiger partial charge in [-0.2, -0.15) is 0 Å². The molecule has 2 rings (SSSR count). The number of aromatic nitrogens is 1. The third-order valence-corrected chi connectivity index (χ3v) is 5.45. The average Bonchev–Trinajstić information content (AvgIpc) is 3.08. The SMILES string of the molecule is CCCCN(CCCC)c1cccc2oc(SCC(CC(=O)O)C(=O)O)nc12. The van der Waals surface area contributed by atoms with Gasteiger partial charge in [0, 0.05) is 18.8 Å². The van der Waals surface area contributed by atoms with Crippen molar-refractivity contribution in [2.45, 2.75) is 51.2 Å². The molecule has 0 saturated carbocycles. The molecule has 1 unspecified atom stereocenters. The molecule has 1 aromatic heterocycles. The van der Waals surface area contributed by atoms with Gasteiger partial charge in [-0.1, -0.05) is 44.5 Å². The number of unbranched alkanes of at least 4 members (excludes halogenated alkanes) is 2. The zero-order chi connectivity index (χ0) is 20.5. The third kappa shape index (κ3) is 6.15. The van der Waals surface area contributed by atoms with E-state index in [0.29, 0.717) is 10.8 Å². The number of fused-ring (bicyclic) bond motifs is 1. The summed E-state index contributed by atoms with van der Waals surface area (Å²) in [4.78, 5) is 29.0. The summed E-state index contributed by atoms with van der Waals surface area (Å²) in [5.74, 6) is -3.14. The van der Waals surface area contributed by atoms with Crippen molar-refractivity contribution in [3.63, 3.8) is 0 Å². The maximum Gasteiger partial charge on any atom is 0.307 e. The quantitative estimate of drug-likeness (QED) is 0.467. The number of carboxylic acids is 2. The van der Waals surface area contributed by atoms with Crippen molar-refractivity contribution in [2.24, 2.45) is 5.92 Å². The monoisotopic (exact) mass is 408 g/mol. The maximum absolute atomic E-state index is 11.2. The molecule has 0 aliphatic rings. The van der Waals surface area contributed by atoms with Gasteiger partial charge in [0.15, 0.2) is 5.58 Å². The van der Waals surface area contributed by atoms with Gasteiger partial charge in [0.05, 0.1) is 18.0 Å². The molecule has 154 valence electrons. The van der Waals surface area contributed by atoms with Gasteiger partial charge in [-0.15, -0.1) is 0 Å². The van der Waals surface area contributed by atoms with E-state index in [0.717, 1.165) is 61.7 Å². The van der Waals surface area contributed by atoms with Crippen molar-refractivity contribution in [1.29, 1.82) is 0 Å². The molecule has 0 saturated heterocycles. The van der Waals surface area contributed by atoms with E-state index < -0.39 is 24.3 Å². The second-order valence-corrected chi connectivity index (χ2v) is 7.71. The molecule has 0 radical (unpaired) electrons. The van der Waals surface area contributed by atoms with E-state index in [9.17, 15) is 14.7 Å². The largest absolute Gasteiger partial charge is 0.481 e. The molecule has 1 atom stereocenters. The fourth-order valence-corrected chi connectivity index (χ4v) is 3.79. The van der Waals surface area contributed by atoms with Crippen LogP contribution in [-0.4, -0.2) is 46.0 Å². The average molecular weight is 409 g/mol. The Morgan fingerprint density at radius 3 is 2.43 bits per heavy atom. The van der Waals surface area contributed by atoms with Crippen LogP contribution < -0.4 is 4.90 Å². The minimum atomic E-state index is -1.13. The van der Waals surface area contributed by atoms with Crippen LogP contribution in [0.2, 0.25) is 0 Å². The fourth-order valence-electron chi connectivity index (χ4n) is 2.88. The van der Waals surface area contributed by atoms with E-state index in [1.807, 2.05) is 18.2 Å². The Morgan fingerprint density at radius 2 is 1.86 bits per heavy atom. The molecule has 8 heteroatoms. The van der Waals surface area contributed by atoms with Crippen LogP contribution in [0.5, 0.6) is 0 Å². The molecule has 2 N–H and O–H groups in total. The lowest BCUT2D eigenvalue weighted by Gasteiger charge is -2.24. The highest BCUT2D eigenvalue weighted by molar-refractivity contribution is 7.99. The van der Waals surface area contributed by atoms with Crippen LogP contribution in [-0.2, 0) is 9.59 Å². The third-order valence-electron chi connectivity index (χ3n) is 4.46. The Bertz CT molecular complexity index is 784. The Hall–Kier alpha value is -2.22. The smallest absolute Gasteiger partial charge is 0.307 e. The van der Waals surface area contributed by atoms with Crippen LogP contribution in [0, 0.1) is 5.92 Å². The van der Waals surface area contributed by atoms with Gasteiger partial charge in [-0.25, -0.2) is 4.98 Å². The second-order valence-electron chi connectivity index (χ2n) is 6.74.